The second-order valence-electron chi connectivity index (χ2n) is 8.54. The number of nitro groups is 1. The number of fused-ring (bicyclic) bond motifs is 1. The maximum Gasteiger partial charge on any atom is 0.312 e. The molecule has 1 aliphatic heterocycles. The Morgan fingerprint density at radius 2 is 2.00 bits per heavy atom. The minimum absolute atomic E-state index is 0.0685. The van der Waals surface area contributed by atoms with E-state index in [0.717, 1.165) is 4.47 Å². The lowest BCUT2D eigenvalue weighted by Gasteiger charge is -2.26. The van der Waals surface area contributed by atoms with E-state index in [1.165, 1.54) is 17.0 Å². The molecule has 194 valence electrons. The lowest BCUT2D eigenvalue weighted by Crippen LogP contribution is -2.43. The summed E-state index contributed by atoms with van der Waals surface area (Å²) in [4.78, 5) is 43.0. The van der Waals surface area contributed by atoms with Gasteiger partial charge in [-0.05, 0) is 40.2 Å². The molecule has 0 atom stereocenters. The number of hydrogen-bond donors (Lipinski definition) is 0. The van der Waals surface area contributed by atoms with Gasteiger partial charge >= 0.3 is 5.69 Å². The fraction of sp³-hybridized carbons (Fsp3) is 0.333. The lowest BCUT2D eigenvalue weighted by molar-refractivity contribution is -0.385. The van der Waals surface area contributed by atoms with Crippen LogP contribution >= 0.6 is 31.9 Å². The predicted molar refractivity (Wildman–Crippen MR) is 144 cm³/mol. The normalized spacial score (nSPS) is 14.0. The van der Waals surface area contributed by atoms with Crippen LogP contribution in [0.3, 0.4) is 0 Å². The fourth-order valence-corrected chi connectivity index (χ4v) is 4.71. The van der Waals surface area contributed by atoms with E-state index in [1.807, 2.05) is 13.8 Å². The van der Waals surface area contributed by atoms with Gasteiger partial charge in [-0.15, -0.1) is 0 Å². The number of ether oxygens (including phenoxy) is 2. The molecule has 13 heteroatoms. The standard InChI is InChI=1S/C24H23Br2N5O6/c1-14(2)23-28-19-4-3-16(25)11-17(19)24(33)30(23)27-12-15-9-18(26)22(20(10-15)31(34)35)37-13-21(32)29-5-7-36-8-6-29/h3-4,9-12,14H,5-8,13H2,1-2H3. The van der Waals surface area contributed by atoms with Gasteiger partial charge in [0, 0.05) is 35.1 Å². The summed E-state index contributed by atoms with van der Waals surface area (Å²) in [6.07, 6.45) is 1.35. The van der Waals surface area contributed by atoms with Crippen molar-refractivity contribution in [3.63, 3.8) is 0 Å². The Morgan fingerprint density at radius 1 is 1.27 bits per heavy atom. The number of benzene rings is 2. The van der Waals surface area contributed by atoms with Crippen LogP contribution in [0.4, 0.5) is 5.69 Å². The van der Waals surface area contributed by atoms with E-state index in [-0.39, 0.29) is 39.9 Å². The number of nitrogens with zero attached hydrogens (tertiary/aromatic N) is 5. The molecule has 0 bridgehead atoms. The van der Waals surface area contributed by atoms with Crippen molar-refractivity contribution in [2.24, 2.45) is 5.10 Å². The third-order valence-electron chi connectivity index (χ3n) is 5.62. The first-order chi connectivity index (χ1) is 17.7. The summed E-state index contributed by atoms with van der Waals surface area (Å²) in [5, 5.41) is 16.5. The minimum atomic E-state index is -0.600. The Bertz CT molecular complexity index is 1450. The van der Waals surface area contributed by atoms with Crippen molar-refractivity contribution in [2.75, 3.05) is 32.9 Å². The molecule has 1 aliphatic rings. The largest absolute Gasteiger partial charge is 0.476 e. The molecule has 3 aromatic rings. The highest BCUT2D eigenvalue weighted by Crippen LogP contribution is 2.36. The number of carbonyl (C=O) groups excluding carboxylic acids is 1. The number of hydrogen-bond acceptors (Lipinski definition) is 8. The summed E-state index contributed by atoms with van der Waals surface area (Å²) >= 11 is 6.68. The number of amides is 1. The molecule has 4 rings (SSSR count). The van der Waals surface area contributed by atoms with E-state index < -0.39 is 4.92 Å². The predicted octanol–water partition coefficient (Wildman–Crippen LogP) is 4.07. The van der Waals surface area contributed by atoms with Gasteiger partial charge in [-0.1, -0.05) is 29.8 Å². The number of halogens is 2. The Hall–Kier alpha value is -3.16. The van der Waals surface area contributed by atoms with Crippen LogP contribution < -0.4 is 10.3 Å². The summed E-state index contributed by atoms with van der Waals surface area (Å²) in [7, 11) is 0. The van der Waals surface area contributed by atoms with Crippen LogP contribution in [-0.4, -0.2) is 64.5 Å². The van der Waals surface area contributed by atoms with Crippen LogP contribution in [0.5, 0.6) is 5.75 Å². The number of rotatable bonds is 7. The minimum Gasteiger partial charge on any atom is -0.476 e. The van der Waals surface area contributed by atoms with E-state index in [0.29, 0.717) is 48.6 Å². The Kier molecular flexibility index (Phi) is 8.35. The Morgan fingerprint density at radius 3 is 2.68 bits per heavy atom. The first kappa shape index (κ1) is 26.9. The molecule has 37 heavy (non-hydrogen) atoms. The molecule has 0 unspecified atom stereocenters. The second-order valence-corrected chi connectivity index (χ2v) is 10.3. The Balaban J connectivity index is 1.66. The van der Waals surface area contributed by atoms with Crippen LogP contribution in [0.1, 0.15) is 31.2 Å². The molecule has 2 aromatic carbocycles. The fourth-order valence-electron chi connectivity index (χ4n) is 3.77. The average Bonchev–Trinajstić information content (AvgIpc) is 2.87. The number of morpholine rings is 1. The van der Waals surface area contributed by atoms with Crippen LogP contribution in [0.2, 0.25) is 0 Å². The first-order valence-corrected chi connectivity index (χ1v) is 13.0. The molecule has 0 radical (unpaired) electrons. The van der Waals surface area contributed by atoms with E-state index in [1.54, 1.807) is 29.2 Å². The SMILES string of the molecule is CC(C)c1nc2ccc(Br)cc2c(=O)n1N=Cc1cc(Br)c(OCC(=O)N2CCOCC2)c([N+](=O)[O-])c1. The molecule has 0 saturated carbocycles. The third kappa shape index (κ3) is 6.05. The molecule has 11 nitrogen and oxygen atoms in total. The first-order valence-electron chi connectivity index (χ1n) is 11.4. The molecule has 0 aliphatic carbocycles. The molecule has 1 saturated heterocycles. The highest BCUT2D eigenvalue weighted by atomic mass is 79.9. The molecule has 1 aromatic heterocycles. The van der Waals surface area contributed by atoms with Crippen LogP contribution in [0.25, 0.3) is 10.9 Å². The summed E-state index contributed by atoms with van der Waals surface area (Å²) < 4.78 is 13.0. The Labute approximate surface area is 228 Å². The zero-order valence-corrected chi connectivity index (χ0v) is 23.2. The maximum atomic E-state index is 13.2. The summed E-state index contributed by atoms with van der Waals surface area (Å²) in [6.45, 7) is 5.20. The third-order valence-corrected chi connectivity index (χ3v) is 6.70. The molecular weight excluding hydrogens is 614 g/mol. The van der Waals surface area contributed by atoms with E-state index in [9.17, 15) is 19.7 Å². The van der Waals surface area contributed by atoms with Gasteiger partial charge < -0.3 is 14.4 Å². The smallest absolute Gasteiger partial charge is 0.312 e. The number of nitro benzene ring substituents is 1. The monoisotopic (exact) mass is 635 g/mol. The van der Waals surface area contributed by atoms with Gasteiger partial charge in [0.05, 0.1) is 39.7 Å². The van der Waals surface area contributed by atoms with Gasteiger partial charge in [-0.25, -0.2) is 4.98 Å². The molecule has 1 amide bonds. The van der Waals surface area contributed by atoms with Gasteiger partial charge in [0.1, 0.15) is 5.82 Å². The van der Waals surface area contributed by atoms with Gasteiger partial charge in [-0.2, -0.15) is 9.78 Å². The highest BCUT2D eigenvalue weighted by molar-refractivity contribution is 9.10. The molecule has 0 spiro atoms. The quantitative estimate of drug-likeness (QED) is 0.217. The molecular formula is C24H23Br2N5O6. The van der Waals surface area contributed by atoms with Gasteiger partial charge in [0.15, 0.2) is 6.61 Å². The van der Waals surface area contributed by atoms with Crippen molar-refractivity contribution >= 4 is 60.6 Å². The lowest BCUT2D eigenvalue weighted by atomic mass is 10.2. The van der Waals surface area contributed by atoms with E-state index in [4.69, 9.17) is 9.47 Å². The zero-order chi connectivity index (χ0) is 26.7. The van der Waals surface area contributed by atoms with Crippen molar-refractivity contribution < 1.29 is 19.2 Å². The van der Waals surface area contributed by atoms with Gasteiger partial charge in [0.2, 0.25) is 5.75 Å². The van der Waals surface area contributed by atoms with Gasteiger partial charge in [0.25, 0.3) is 11.5 Å². The van der Waals surface area contributed by atoms with Crippen LogP contribution in [0, 0.1) is 10.1 Å². The average molecular weight is 637 g/mol. The maximum absolute atomic E-state index is 13.2. The van der Waals surface area contributed by atoms with Crippen molar-refractivity contribution in [3.8, 4) is 5.75 Å². The van der Waals surface area contributed by atoms with Gasteiger partial charge in [-0.3, -0.25) is 19.7 Å². The molecule has 1 fully saturated rings. The summed E-state index contributed by atoms with van der Waals surface area (Å²) in [5.74, 6) is -0.0165. The molecule has 2 heterocycles. The molecule has 0 N–H and O–H groups in total. The van der Waals surface area contributed by atoms with Crippen LogP contribution in [0.15, 0.2) is 49.2 Å². The summed E-state index contributed by atoms with van der Waals surface area (Å²) in [6, 6.07) is 8.07. The van der Waals surface area contributed by atoms with Crippen molar-refractivity contribution in [2.45, 2.75) is 19.8 Å². The highest BCUT2D eigenvalue weighted by Gasteiger charge is 2.23. The topological polar surface area (TPSA) is 129 Å². The second kappa shape index (κ2) is 11.5. The van der Waals surface area contributed by atoms with E-state index in [2.05, 4.69) is 41.9 Å². The van der Waals surface area contributed by atoms with Crippen LogP contribution in [-0.2, 0) is 9.53 Å². The van der Waals surface area contributed by atoms with E-state index >= 15 is 0 Å². The summed E-state index contributed by atoms with van der Waals surface area (Å²) in [5.41, 5.74) is 0.195. The van der Waals surface area contributed by atoms with Crippen molar-refractivity contribution in [3.05, 3.63) is 71.1 Å². The zero-order valence-electron chi connectivity index (χ0n) is 20.0. The van der Waals surface area contributed by atoms with Crippen molar-refractivity contribution in [1.29, 1.82) is 0 Å². The number of aromatic nitrogens is 2. The number of carbonyl (C=O) groups is 1. The van der Waals surface area contributed by atoms with Crippen molar-refractivity contribution in [1.82, 2.24) is 14.6 Å².